The molecular weight excluding hydrogens is 214 g/mol. The number of hydrogen-bond acceptors (Lipinski definition) is 3. The highest BCUT2D eigenvalue weighted by atomic mass is 31.2. The van der Waals surface area contributed by atoms with Crippen molar-refractivity contribution in [3.63, 3.8) is 0 Å². The van der Waals surface area contributed by atoms with E-state index in [0.29, 0.717) is 12.8 Å². The zero-order valence-corrected chi connectivity index (χ0v) is 9.94. The van der Waals surface area contributed by atoms with Crippen LogP contribution < -0.4 is 0 Å². The molecule has 0 aromatic rings. The van der Waals surface area contributed by atoms with Gasteiger partial charge in [-0.1, -0.05) is 24.4 Å². The van der Waals surface area contributed by atoms with E-state index in [4.69, 9.17) is 12.4 Å². The summed E-state index contributed by atoms with van der Waals surface area (Å²) in [7, 11) is 3.05. The van der Waals surface area contributed by atoms with E-state index in [1.807, 2.05) is 13.0 Å². The van der Waals surface area contributed by atoms with Gasteiger partial charge in [-0.05, 0) is 19.3 Å². The maximum absolute atomic E-state index is 11.2. The molecule has 2 unspecified atom stereocenters. The molecular formula is C9H16BO4P. The van der Waals surface area contributed by atoms with Crippen molar-refractivity contribution in [2.24, 2.45) is 0 Å². The van der Waals surface area contributed by atoms with Crippen molar-refractivity contribution in [1.82, 2.24) is 0 Å². The second kappa shape index (κ2) is 5.31. The Morgan fingerprint density at radius 2 is 2.40 bits per heavy atom. The van der Waals surface area contributed by atoms with E-state index < -0.39 is 7.82 Å². The number of rotatable bonds is 4. The van der Waals surface area contributed by atoms with Gasteiger partial charge in [0.05, 0.1) is 14.0 Å². The molecule has 0 amide bonds. The second-order valence-electron chi connectivity index (χ2n) is 3.66. The van der Waals surface area contributed by atoms with Crippen molar-refractivity contribution in [2.75, 3.05) is 7.11 Å². The molecule has 4 nitrogen and oxygen atoms in total. The average Bonchev–Trinajstić information content (AvgIpc) is 2.16. The van der Waals surface area contributed by atoms with E-state index in [2.05, 4.69) is 4.52 Å². The van der Waals surface area contributed by atoms with Gasteiger partial charge in [-0.25, -0.2) is 4.57 Å². The van der Waals surface area contributed by atoms with Gasteiger partial charge in [-0.15, -0.1) is 0 Å². The SMILES string of the molecule is [B][C@@H]1C=C(CC)CC(OP(=O)(O)OC)C1. The van der Waals surface area contributed by atoms with Crippen LogP contribution in [-0.2, 0) is 13.6 Å². The smallest absolute Gasteiger partial charge is 0.302 e. The van der Waals surface area contributed by atoms with Crippen LogP contribution >= 0.6 is 7.82 Å². The first-order valence-corrected chi connectivity index (χ1v) is 6.48. The van der Waals surface area contributed by atoms with Crippen LogP contribution in [0.3, 0.4) is 0 Å². The van der Waals surface area contributed by atoms with E-state index in [-0.39, 0.29) is 11.9 Å². The Morgan fingerprint density at radius 3 is 2.93 bits per heavy atom. The third kappa shape index (κ3) is 4.11. The van der Waals surface area contributed by atoms with Crippen LogP contribution in [-0.4, -0.2) is 26.0 Å². The van der Waals surface area contributed by atoms with Gasteiger partial charge in [-0.2, -0.15) is 0 Å². The maximum atomic E-state index is 11.2. The fourth-order valence-electron chi connectivity index (χ4n) is 1.69. The first kappa shape index (κ1) is 13.0. The molecule has 1 rings (SSSR count). The van der Waals surface area contributed by atoms with Gasteiger partial charge in [0.1, 0.15) is 0 Å². The molecule has 0 spiro atoms. The lowest BCUT2D eigenvalue weighted by Crippen LogP contribution is -2.19. The minimum Gasteiger partial charge on any atom is -0.302 e. The first-order valence-electron chi connectivity index (χ1n) is 4.99. The Hall–Kier alpha value is -0.0851. The molecule has 0 saturated carbocycles. The van der Waals surface area contributed by atoms with E-state index in [0.717, 1.165) is 19.1 Å². The van der Waals surface area contributed by atoms with E-state index >= 15 is 0 Å². The van der Waals surface area contributed by atoms with Crippen LogP contribution in [0.5, 0.6) is 0 Å². The van der Waals surface area contributed by atoms with E-state index in [9.17, 15) is 9.46 Å². The molecule has 0 aromatic heterocycles. The van der Waals surface area contributed by atoms with Crippen LogP contribution in [0.25, 0.3) is 0 Å². The summed E-state index contributed by atoms with van der Waals surface area (Å²) in [5, 5.41) is 0. The summed E-state index contributed by atoms with van der Waals surface area (Å²) in [4.78, 5) is 9.17. The fraction of sp³-hybridized carbons (Fsp3) is 0.778. The molecule has 15 heavy (non-hydrogen) atoms. The first-order chi connectivity index (χ1) is 6.96. The molecule has 3 atom stereocenters. The lowest BCUT2D eigenvalue weighted by Gasteiger charge is -2.27. The Morgan fingerprint density at radius 1 is 1.73 bits per heavy atom. The van der Waals surface area contributed by atoms with Gasteiger partial charge < -0.3 is 4.89 Å². The van der Waals surface area contributed by atoms with Crippen molar-refractivity contribution in [3.8, 4) is 0 Å². The van der Waals surface area contributed by atoms with Gasteiger partial charge in [0, 0.05) is 7.11 Å². The summed E-state index contributed by atoms with van der Waals surface area (Å²) >= 11 is 0. The molecule has 6 heteroatoms. The normalized spacial score (nSPS) is 30.7. The lowest BCUT2D eigenvalue weighted by atomic mass is 9.76. The molecule has 1 N–H and O–H groups in total. The summed E-state index contributed by atoms with van der Waals surface area (Å²) < 4.78 is 20.6. The standard InChI is InChI=1S/C9H16BO4P/c1-3-7-4-8(10)6-9(5-7)14-15(11,12)13-2/h4,8-9H,3,5-6H2,1-2H3,(H,11,12)/t8-,9?/m1/s1. The van der Waals surface area contributed by atoms with Gasteiger partial charge in [0.15, 0.2) is 0 Å². The topological polar surface area (TPSA) is 55.8 Å². The Kier molecular flexibility index (Phi) is 4.59. The Balaban J connectivity index is 2.59. The molecule has 0 aliphatic heterocycles. The molecule has 1 aliphatic carbocycles. The molecule has 84 valence electrons. The predicted molar refractivity (Wildman–Crippen MR) is 58.8 cm³/mol. The third-order valence-electron chi connectivity index (χ3n) is 2.44. The lowest BCUT2D eigenvalue weighted by molar-refractivity contribution is 0.110. The third-order valence-corrected chi connectivity index (χ3v) is 3.47. The van der Waals surface area contributed by atoms with Crippen LogP contribution in [0.1, 0.15) is 26.2 Å². The molecule has 0 heterocycles. The van der Waals surface area contributed by atoms with Gasteiger partial charge in [0.2, 0.25) is 0 Å². The van der Waals surface area contributed by atoms with Crippen molar-refractivity contribution in [1.29, 1.82) is 0 Å². The minimum atomic E-state index is -3.89. The minimum absolute atomic E-state index is 0.101. The predicted octanol–water partition coefficient (Wildman–Crippen LogP) is 2.21. The number of allylic oxidation sites excluding steroid dienone is 1. The van der Waals surface area contributed by atoms with Gasteiger partial charge >= 0.3 is 7.82 Å². The highest BCUT2D eigenvalue weighted by molar-refractivity contribution is 7.47. The quantitative estimate of drug-likeness (QED) is 0.457. The van der Waals surface area contributed by atoms with Crippen molar-refractivity contribution in [2.45, 2.75) is 38.1 Å². The average molecular weight is 230 g/mol. The summed E-state index contributed by atoms with van der Waals surface area (Å²) in [6, 6.07) is 0. The van der Waals surface area contributed by atoms with Crippen molar-refractivity contribution in [3.05, 3.63) is 11.6 Å². The number of phosphoric ester groups is 1. The Bertz CT molecular complexity index is 292. The van der Waals surface area contributed by atoms with Gasteiger partial charge in [-0.3, -0.25) is 9.05 Å². The van der Waals surface area contributed by atoms with Crippen LogP contribution in [0, 0.1) is 0 Å². The monoisotopic (exact) mass is 230 g/mol. The highest BCUT2D eigenvalue weighted by Gasteiger charge is 2.28. The highest BCUT2D eigenvalue weighted by Crippen LogP contribution is 2.46. The van der Waals surface area contributed by atoms with Crippen LogP contribution in [0.4, 0.5) is 0 Å². The maximum Gasteiger partial charge on any atom is 0.472 e. The zero-order valence-electron chi connectivity index (χ0n) is 9.05. The molecule has 0 fully saturated rings. The fourth-order valence-corrected chi connectivity index (χ4v) is 2.32. The molecule has 0 saturated heterocycles. The molecule has 1 aliphatic rings. The van der Waals surface area contributed by atoms with Crippen molar-refractivity contribution < 1.29 is 18.5 Å². The van der Waals surface area contributed by atoms with Crippen LogP contribution in [0.2, 0.25) is 5.82 Å². The van der Waals surface area contributed by atoms with Crippen LogP contribution in [0.15, 0.2) is 11.6 Å². The summed E-state index contributed by atoms with van der Waals surface area (Å²) in [5.74, 6) is -0.101. The number of phosphoric acid groups is 1. The molecule has 2 radical (unpaired) electrons. The van der Waals surface area contributed by atoms with Gasteiger partial charge in [0.25, 0.3) is 0 Å². The second-order valence-corrected chi connectivity index (χ2v) is 5.17. The zero-order chi connectivity index (χ0) is 11.5. The largest absolute Gasteiger partial charge is 0.472 e. The van der Waals surface area contributed by atoms with E-state index in [1.165, 1.54) is 0 Å². The Labute approximate surface area is 91.7 Å². The van der Waals surface area contributed by atoms with E-state index in [1.54, 1.807) is 0 Å². The molecule has 0 bridgehead atoms. The molecule has 0 aromatic carbocycles. The summed E-state index contributed by atoms with van der Waals surface area (Å²) in [6.07, 6.45) is 3.76. The number of hydrogen-bond donors (Lipinski definition) is 1. The van der Waals surface area contributed by atoms with Crippen molar-refractivity contribution >= 4 is 15.7 Å². The summed E-state index contributed by atoms with van der Waals surface area (Å²) in [6.45, 7) is 2.02. The summed E-state index contributed by atoms with van der Waals surface area (Å²) in [5.41, 5.74) is 1.16.